The van der Waals surface area contributed by atoms with Crippen LogP contribution in [-0.4, -0.2) is 37.7 Å². The molecule has 1 aliphatic rings. The van der Waals surface area contributed by atoms with Crippen molar-refractivity contribution in [2.24, 2.45) is 5.41 Å². The van der Waals surface area contributed by atoms with E-state index in [0.29, 0.717) is 6.61 Å². The molecule has 0 bridgehead atoms. The molecule has 4 heteroatoms. The summed E-state index contributed by atoms with van der Waals surface area (Å²) in [6.07, 6.45) is 3.07. The van der Waals surface area contributed by atoms with Gasteiger partial charge in [-0.2, -0.15) is 0 Å². The molecular weight excluding hydrogens is 290 g/mol. The number of hydrogen-bond acceptors (Lipinski definition) is 3. The topological polar surface area (TPSA) is 38.8 Å². The summed E-state index contributed by atoms with van der Waals surface area (Å²) >= 11 is 0. The molecule has 1 saturated heterocycles. The van der Waals surface area contributed by atoms with E-state index in [9.17, 15) is 4.79 Å². The van der Waals surface area contributed by atoms with Gasteiger partial charge < -0.3 is 14.4 Å². The fourth-order valence-corrected chi connectivity index (χ4v) is 2.86. The van der Waals surface area contributed by atoms with Crippen LogP contribution in [0.1, 0.15) is 51.6 Å². The summed E-state index contributed by atoms with van der Waals surface area (Å²) in [7, 11) is 1.67. The Balaban J connectivity index is 1.96. The lowest BCUT2D eigenvalue weighted by Crippen LogP contribution is -2.34. The van der Waals surface area contributed by atoms with E-state index in [-0.39, 0.29) is 24.0 Å². The van der Waals surface area contributed by atoms with Crippen LogP contribution in [0.3, 0.4) is 0 Å². The van der Waals surface area contributed by atoms with Crippen LogP contribution < -0.4 is 4.74 Å². The molecule has 1 aromatic rings. The quantitative estimate of drug-likeness (QED) is 0.767. The number of rotatable bonds is 7. The maximum absolute atomic E-state index is 12.5. The number of hydrogen-bond donors (Lipinski definition) is 0. The second-order valence-electron chi connectivity index (χ2n) is 7.03. The van der Waals surface area contributed by atoms with E-state index in [4.69, 9.17) is 9.47 Å². The third kappa shape index (κ3) is 4.71. The predicted octanol–water partition coefficient (Wildman–Crippen LogP) is 3.81. The van der Waals surface area contributed by atoms with Crippen molar-refractivity contribution in [1.29, 1.82) is 0 Å². The van der Waals surface area contributed by atoms with Crippen LogP contribution >= 0.6 is 0 Å². The minimum Gasteiger partial charge on any atom is -0.497 e. The van der Waals surface area contributed by atoms with Crippen molar-refractivity contribution in [1.82, 2.24) is 4.90 Å². The summed E-state index contributed by atoms with van der Waals surface area (Å²) in [6.45, 7) is 8.06. The van der Waals surface area contributed by atoms with Crippen molar-refractivity contribution in [3.8, 4) is 5.75 Å². The molecule has 128 valence electrons. The molecule has 2 rings (SSSR count). The lowest BCUT2D eigenvalue weighted by Gasteiger charge is -2.27. The highest BCUT2D eigenvalue weighted by Gasteiger charge is 2.30. The molecule has 1 aliphatic heterocycles. The van der Waals surface area contributed by atoms with E-state index in [2.05, 4.69) is 26.8 Å². The van der Waals surface area contributed by atoms with Gasteiger partial charge in [-0.15, -0.1) is 0 Å². The highest BCUT2D eigenvalue weighted by molar-refractivity contribution is 5.78. The van der Waals surface area contributed by atoms with E-state index >= 15 is 0 Å². The second kappa shape index (κ2) is 7.82. The largest absolute Gasteiger partial charge is 0.497 e. The van der Waals surface area contributed by atoms with Gasteiger partial charge in [0, 0.05) is 6.54 Å². The summed E-state index contributed by atoms with van der Waals surface area (Å²) in [6, 6.07) is 8.15. The lowest BCUT2D eigenvalue weighted by molar-refractivity contribution is -0.138. The molecule has 0 radical (unpaired) electrons. The summed E-state index contributed by atoms with van der Waals surface area (Å²) in [5, 5.41) is 0. The molecule has 0 aliphatic carbocycles. The first-order chi connectivity index (χ1) is 11.0. The van der Waals surface area contributed by atoms with Crippen LogP contribution in [0, 0.1) is 5.41 Å². The van der Waals surface area contributed by atoms with Gasteiger partial charge in [-0.05, 0) is 42.4 Å². The Morgan fingerprint density at radius 3 is 2.87 bits per heavy atom. The minimum atomic E-state index is 0.0854. The summed E-state index contributed by atoms with van der Waals surface area (Å²) in [5.41, 5.74) is 1.27. The smallest absolute Gasteiger partial charge is 0.249 e. The molecule has 1 unspecified atom stereocenters. The van der Waals surface area contributed by atoms with Crippen LogP contribution in [0.25, 0.3) is 0 Å². The van der Waals surface area contributed by atoms with Crippen LogP contribution in [0.2, 0.25) is 0 Å². The van der Waals surface area contributed by atoms with Crippen molar-refractivity contribution in [3.05, 3.63) is 29.8 Å². The maximum Gasteiger partial charge on any atom is 0.249 e. The van der Waals surface area contributed by atoms with Crippen molar-refractivity contribution < 1.29 is 14.3 Å². The van der Waals surface area contributed by atoms with Crippen LogP contribution in [0.15, 0.2) is 24.3 Å². The SMILES string of the molecule is CCC(C)(C)COCC(=O)N1CCCC1c1cccc(OC)c1. The molecule has 0 N–H and O–H groups in total. The lowest BCUT2D eigenvalue weighted by atomic mass is 9.92. The zero-order valence-electron chi connectivity index (χ0n) is 14.8. The van der Waals surface area contributed by atoms with Crippen LogP contribution in [0.5, 0.6) is 5.75 Å². The molecule has 0 spiro atoms. The molecule has 23 heavy (non-hydrogen) atoms. The van der Waals surface area contributed by atoms with E-state index in [1.54, 1.807) is 7.11 Å². The third-order valence-corrected chi connectivity index (χ3v) is 4.73. The zero-order valence-corrected chi connectivity index (χ0v) is 14.8. The number of benzene rings is 1. The van der Waals surface area contributed by atoms with Gasteiger partial charge in [-0.1, -0.05) is 32.9 Å². The average molecular weight is 319 g/mol. The van der Waals surface area contributed by atoms with Crippen molar-refractivity contribution >= 4 is 5.91 Å². The Morgan fingerprint density at radius 2 is 2.17 bits per heavy atom. The molecule has 4 nitrogen and oxygen atoms in total. The highest BCUT2D eigenvalue weighted by Crippen LogP contribution is 2.33. The summed E-state index contributed by atoms with van der Waals surface area (Å²) in [4.78, 5) is 14.5. The molecule has 0 aromatic heterocycles. The molecule has 1 aromatic carbocycles. The first-order valence-corrected chi connectivity index (χ1v) is 8.48. The summed E-state index contributed by atoms with van der Waals surface area (Å²) in [5.74, 6) is 0.921. The first kappa shape index (κ1) is 17.8. The second-order valence-corrected chi connectivity index (χ2v) is 7.03. The zero-order chi connectivity index (χ0) is 16.9. The van der Waals surface area contributed by atoms with Gasteiger partial charge in [0.15, 0.2) is 0 Å². The van der Waals surface area contributed by atoms with Crippen LogP contribution in [-0.2, 0) is 9.53 Å². The van der Waals surface area contributed by atoms with Gasteiger partial charge in [-0.25, -0.2) is 0 Å². The molecule has 1 atom stereocenters. The monoisotopic (exact) mass is 319 g/mol. The number of methoxy groups -OCH3 is 1. The van der Waals surface area contributed by atoms with Crippen LogP contribution in [0.4, 0.5) is 0 Å². The number of carbonyl (C=O) groups is 1. The number of nitrogens with zero attached hydrogens (tertiary/aromatic N) is 1. The van der Waals surface area contributed by atoms with Gasteiger partial charge in [0.05, 0.1) is 19.8 Å². The van der Waals surface area contributed by atoms with Gasteiger partial charge in [0.2, 0.25) is 5.91 Å². The summed E-state index contributed by atoms with van der Waals surface area (Å²) < 4.78 is 11.0. The Kier molecular flexibility index (Phi) is 6.05. The molecule has 1 amide bonds. The Morgan fingerprint density at radius 1 is 1.39 bits per heavy atom. The van der Waals surface area contributed by atoms with E-state index in [0.717, 1.165) is 37.1 Å². The van der Waals surface area contributed by atoms with E-state index < -0.39 is 0 Å². The number of likely N-dealkylation sites (tertiary alicyclic amines) is 1. The Bertz CT molecular complexity index is 527. The number of carbonyl (C=O) groups excluding carboxylic acids is 1. The van der Waals surface area contributed by atoms with Gasteiger partial charge in [0.1, 0.15) is 12.4 Å². The van der Waals surface area contributed by atoms with Gasteiger partial charge >= 0.3 is 0 Å². The highest BCUT2D eigenvalue weighted by atomic mass is 16.5. The third-order valence-electron chi connectivity index (χ3n) is 4.73. The fourth-order valence-electron chi connectivity index (χ4n) is 2.86. The predicted molar refractivity (Wildman–Crippen MR) is 91.6 cm³/mol. The molecule has 0 saturated carbocycles. The minimum absolute atomic E-state index is 0.0854. The Hall–Kier alpha value is -1.55. The normalized spacial score (nSPS) is 18.3. The van der Waals surface area contributed by atoms with Crippen molar-refractivity contribution in [2.45, 2.75) is 46.1 Å². The molecular formula is C19H29NO3. The standard InChI is InChI=1S/C19H29NO3/c1-5-19(2,3)14-23-13-18(21)20-11-7-10-17(20)15-8-6-9-16(12-15)22-4/h6,8-9,12,17H,5,7,10-11,13-14H2,1-4H3. The number of ether oxygens (including phenoxy) is 2. The van der Waals surface area contributed by atoms with Crippen molar-refractivity contribution in [3.63, 3.8) is 0 Å². The van der Waals surface area contributed by atoms with Gasteiger partial charge in [0.25, 0.3) is 0 Å². The first-order valence-electron chi connectivity index (χ1n) is 8.48. The van der Waals surface area contributed by atoms with E-state index in [1.807, 2.05) is 23.1 Å². The molecule has 1 heterocycles. The maximum atomic E-state index is 12.5. The average Bonchev–Trinajstić information content (AvgIpc) is 3.04. The fraction of sp³-hybridized carbons (Fsp3) is 0.632. The molecule has 1 fully saturated rings. The number of amides is 1. The van der Waals surface area contributed by atoms with Crippen molar-refractivity contribution in [2.75, 3.05) is 26.9 Å². The van der Waals surface area contributed by atoms with Gasteiger partial charge in [-0.3, -0.25) is 4.79 Å². The van der Waals surface area contributed by atoms with E-state index in [1.165, 1.54) is 0 Å². The Labute approximate surface area is 139 Å².